The first kappa shape index (κ1) is 9.44. The van der Waals surface area contributed by atoms with Crippen LogP contribution in [0.3, 0.4) is 0 Å². The maximum Gasteiger partial charge on any atom is 0.211 e. The molecule has 0 saturated carbocycles. The standard InChI is InChI=1S/C12H16O2/c1-2-6-12(13)10-14-9-11-7-4-3-5-8-11/h2-5,7-8,12-13H,1,6,9-10H2/t12-/m1/s1/i13T. The van der Waals surface area contributed by atoms with E-state index in [4.69, 9.17) is 6.17 Å². The molecule has 1 aromatic carbocycles. The van der Waals surface area contributed by atoms with E-state index in [0.717, 1.165) is 5.56 Å². The lowest BCUT2D eigenvalue weighted by Gasteiger charge is -2.08. The third kappa shape index (κ3) is 4.21. The zero-order valence-electron chi connectivity index (χ0n) is 9.19. The fourth-order valence-corrected chi connectivity index (χ4v) is 1.14. The van der Waals surface area contributed by atoms with Crippen molar-refractivity contribution in [3.8, 4) is 0 Å². The minimum absolute atomic E-state index is 0.216. The molecule has 76 valence electrons. The van der Waals surface area contributed by atoms with Gasteiger partial charge in [-0.25, -0.2) is 0 Å². The lowest BCUT2D eigenvalue weighted by atomic mass is 10.2. The molecule has 0 aromatic heterocycles. The highest BCUT2D eigenvalue weighted by molar-refractivity contribution is 5.13. The molecule has 0 amide bonds. The largest absolute Gasteiger partial charge is 0.390 e. The average molecular weight is 194 g/mol. The molecule has 1 atom stereocenters. The Labute approximate surface area is 86.3 Å². The topological polar surface area (TPSA) is 29.5 Å². The Balaban J connectivity index is 2.23. The van der Waals surface area contributed by atoms with E-state index in [2.05, 4.69) is 11.7 Å². The maximum atomic E-state index is 6.82. The maximum absolute atomic E-state index is 6.82. The van der Waals surface area contributed by atoms with Crippen LogP contribution in [0.5, 0.6) is 0 Å². The fourth-order valence-electron chi connectivity index (χ4n) is 1.14. The Morgan fingerprint density at radius 3 is 2.93 bits per heavy atom. The van der Waals surface area contributed by atoms with Crippen molar-refractivity contribution in [3.05, 3.63) is 48.6 Å². The van der Waals surface area contributed by atoms with E-state index in [1.54, 1.807) is 6.08 Å². The number of ether oxygens (including phenoxy) is 1. The number of aliphatic hydroxyl groups excluding tert-OH is 1. The SMILES string of the molecule is [3H]O[C@H](CC=C)COCc1ccccc1. The molecule has 0 aliphatic carbocycles. The summed E-state index contributed by atoms with van der Waals surface area (Å²) in [6.45, 7) is 4.57. The first-order valence-corrected chi connectivity index (χ1v) is 4.71. The number of aliphatic hydroxyl groups is 1. The minimum atomic E-state index is -0.216. The lowest BCUT2D eigenvalue weighted by molar-refractivity contribution is 0.0301. The molecule has 0 unspecified atom stereocenters. The summed E-state index contributed by atoms with van der Waals surface area (Å²) in [7, 11) is 0. The van der Waals surface area contributed by atoms with E-state index in [9.17, 15) is 0 Å². The Morgan fingerprint density at radius 1 is 1.50 bits per heavy atom. The molecule has 0 aliphatic heterocycles. The highest BCUT2D eigenvalue weighted by Gasteiger charge is 2.00. The van der Waals surface area contributed by atoms with Gasteiger partial charge in [-0.2, -0.15) is 0 Å². The molecule has 2 nitrogen and oxygen atoms in total. The van der Waals surface area contributed by atoms with Crippen LogP contribution < -0.4 is 0 Å². The monoisotopic (exact) mass is 194 g/mol. The average Bonchev–Trinajstić information content (AvgIpc) is 2.29. The van der Waals surface area contributed by atoms with Crippen LogP contribution >= 0.6 is 0 Å². The molecule has 2 heteroatoms. The number of hydrogen-bond acceptors (Lipinski definition) is 2. The van der Waals surface area contributed by atoms with Gasteiger partial charge in [-0.15, -0.1) is 6.58 Å². The second kappa shape index (κ2) is 6.35. The zero-order valence-corrected chi connectivity index (χ0v) is 8.19. The Bertz CT molecular complexity index is 274. The summed E-state index contributed by atoms with van der Waals surface area (Å²) >= 11 is 0. The van der Waals surface area contributed by atoms with Crippen LogP contribution in [-0.2, 0) is 11.3 Å². The highest BCUT2D eigenvalue weighted by atomic mass is 16.5. The number of benzene rings is 1. The molecule has 0 fully saturated rings. The second-order valence-corrected chi connectivity index (χ2v) is 3.15. The molecule has 1 aromatic rings. The van der Waals surface area contributed by atoms with Gasteiger partial charge in [0.2, 0.25) is 1.43 Å². The predicted octanol–water partition coefficient (Wildman–Crippen LogP) is 2.14. The van der Waals surface area contributed by atoms with Crippen molar-refractivity contribution in [2.75, 3.05) is 6.61 Å². The van der Waals surface area contributed by atoms with Crippen LogP contribution in [0.15, 0.2) is 43.0 Å². The van der Waals surface area contributed by atoms with E-state index >= 15 is 0 Å². The summed E-state index contributed by atoms with van der Waals surface area (Å²) in [4.78, 5) is 0. The van der Waals surface area contributed by atoms with Gasteiger partial charge < -0.3 is 9.85 Å². The van der Waals surface area contributed by atoms with Gasteiger partial charge in [-0.1, -0.05) is 36.4 Å². The summed E-state index contributed by atoms with van der Waals surface area (Å²) < 4.78 is 12.3. The number of rotatable bonds is 7. The third-order valence-electron chi connectivity index (χ3n) is 1.84. The molecular weight excluding hydrogens is 176 g/mol. The van der Waals surface area contributed by atoms with Crippen LogP contribution in [0.25, 0.3) is 0 Å². The zero-order chi connectivity index (χ0) is 10.9. The molecule has 1 N–H and O–H groups in total. The van der Waals surface area contributed by atoms with E-state index in [1.165, 1.54) is 0 Å². The van der Waals surface area contributed by atoms with Crippen molar-refractivity contribution in [3.63, 3.8) is 0 Å². The first-order valence-electron chi connectivity index (χ1n) is 5.12. The summed E-state index contributed by atoms with van der Waals surface area (Å²) in [6.07, 6.45) is 2.15. The molecule has 0 aliphatic rings. The molecule has 0 radical (unpaired) electrons. The van der Waals surface area contributed by atoms with Crippen LogP contribution in [0, 0.1) is 0 Å². The van der Waals surface area contributed by atoms with Crippen LogP contribution in [0.1, 0.15) is 12.0 Å². The third-order valence-corrected chi connectivity index (χ3v) is 1.84. The van der Waals surface area contributed by atoms with Crippen molar-refractivity contribution in [2.24, 2.45) is 0 Å². The summed E-state index contributed by atoms with van der Waals surface area (Å²) in [5.41, 5.74) is 1.12. The summed E-state index contributed by atoms with van der Waals surface area (Å²) in [6, 6.07) is 9.92. The van der Waals surface area contributed by atoms with Crippen molar-refractivity contribution in [1.82, 2.24) is 0 Å². The second-order valence-electron chi connectivity index (χ2n) is 3.15. The Morgan fingerprint density at radius 2 is 2.29 bits per heavy atom. The molecule has 0 heterocycles. The molecule has 0 spiro atoms. The normalized spacial score (nSPS) is 13.3. The molecule has 1 rings (SSSR count). The summed E-state index contributed by atoms with van der Waals surface area (Å²) in [5, 5.41) is 4.48. The van der Waals surface area contributed by atoms with Crippen LogP contribution in [-0.4, -0.2) is 19.3 Å². The van der Waals surface area contributed by atoms with Crippen molar-refractivity contribution in [1.29, 1.82) is 1.43 Å². The van der Waals surface area contributed by atoms with Gasteiger partial charge in [-0.05, 0) is 12.0 Å². The van der Waals surface area contributed by atoms with Crippen LogP contribution in [0.2, 0.25) is 0 Å². The van der Waals surface area contributed by atoms with Gasteiger partial charge in [0.1, 0.15) is 0 Å². The van der Waals surface area contributed by atoms with E-state index in [-0.39, 0.29) is 6.10 Å². The van der Waals surface area contributed by atoms with Gasteiger partial charge in [-0.3, -0.25) is 0 Å². The molecular formula is C12H16O2. The molecule has 0 saturated heterocycles. The van der Waals surface area contributed by atoms with Crippen LogP contribution in [0.4, 0.5) is 0 Å². The lowest BCUT2D eigenvalue weighted by Crippen LogP contribution is -2.13. The quantitative estimate of drug-likeness (QED) is 0.674. The van der Waals surface area contributed by atoms with Crippen molar-refractivity contribution >= 4 is 0 Å². The van der Waals surface area contributed by atoms with Gasteiger partial charge >= 0.3 is 0 Å². The van der Waals surface area contributed by atoms with Gasteiger partial charge in [0.25, 0.3) is 0 Å². The minimum Gasteiger partial charge on any atom is -0.390 e. The molecule has 14 heavy (non-hydrogen) atoms. The van der Waals surface area contributed by atoms with Gasteiger partial charge in [0.15, 0.2) is 0 Å². The predicted molar refractivity (Wildman–Crippen MR) is 56.9 cm³/mol. The Kier molecular flexibility index (Phi) is 4.28. The van der Waals surface area contributed by atoms with Gasteiger partial charge in [0, 0.05) is 0 Å². The fraction of sp³-hybridized carbons (Fsp3) is 0.333. The number of hydrogen-bond donors (Lipinski definition) is 1. The van der Waals surface area contributed by atoms with E-state index in [1.807, 2.05) is 30.3 Å². The van der Waals surface area contributed by atoms with Gasteiger partial charge in [0.05, 0.1) is 19.3 Å². The highest BCUT2D eigenvalue weighted by Crippen LogP contribution is 2.01. The van der Waals surface area contributed by atoms with Crippen molar-refractivity contribution in [2.45, 2.75) is 19.1 Å². The smallest absolute Gasteiger partial charge is 0.211 e. The van der Waals surface area contributed by atoms with E-state index < -0.39 is 0 Å². The van der Waals surface area contributed by atoms with E-state index in [0.29, 0.717) is 19.6 Å². The van der Waals surface area contributed by atoms with Crippen molar-refractivity contribution < 1.29 is 9.85 Å². The summed E-state index contributed by atoms with van der Waals surface area (Å²) in [5.74, 6) is 0. The Hall–Kier alpha value is -1.12. The molecule has 0 bridgehead atoms. The first-order chi connectivity index (χ1) is 7.36.